The van der Waals surface area contributed by atoms with Gasteiger partial charge >= 0.3 is 0 Å². The second-order valence-corrected chi connectivity index (χ2v) is 6.90. The van der Waals surface area contributed by atoms with Crippen LogP contribution in [0.15, 0.2) is 23.1 Å². The highest BCUT2D eigenvalue weighted by atomic mass is 32.2. The smallest absolute Gasteiger partial charge is 0.240 e. The average molecular weight is 280 g/mol. The van der Waals surface area contributed by atoms with E-state index in [0.717, 1.165) is 30.5 Å². The Hall–Kier alpha value is -1.40. The number of fused-ring (bicyclic) bond motifs is 1. The molecule has 2 aliphatic rings. The molecule has 1 N–H and O–H groups in total. The van der Waals surface area contributed by atoms with Crippen LogP contribution in [-0.2, 0) is 21.2 Å². The summed E-state index contributed by atoms with van der Waals surface area (Å²) in [6.07, 6.45) is 2.69. The Labute approximate surface area is 112 Å². The van der Waals surface area contributed by atoms with E-state index in [9.17, 15) is 13.2 Å². The van der Waals surface area contributed by atoms with Crippen molar-refractivity contribution in [2.24, 2.45) is 5.92 Å². The first-order chi connectivity index (χ1) is 9.03. The van der Waals surface area contributed by atoms with E-state index in [1.807, 2.05) is 0 Å². The zero-order valence-corrected chi connectivity index (χ0v) is 11.5. The number of hydrogen-bond donors (Lipinski definition) is 1. The summed E-state index contributed by atoms with van der Waals surface area (Å²) in [5.74, 6) is 0.370. The molecule has 1 aromatic carbocycles. The summed E-state index contributed by atoms with van der Waals surface area (Å²) in [7, 11) is -2.02. The summed E-state index contributed by atoms with van der Waals surface area (Å²) in [6.45, 7) is 0.660. The normalized spacial score (nSPS) is 18.5. The van der Waals surface area contributed by atoms with Gasteiger partial charge in [-0.05, 0) is 50.1 Å². The Morgan fingerprint density at radius 1 is 1.37 bits per heavy atom. The van der Waals surface area contributed by atoms with Crippen molar-refractivity contribution < 1.29 is 13.2 Å². The number of amides is 1. The molecular formula is C13H16N2O3S. The zero-order valence-electron chi connectivity index (χ0n) is 10.7. The average Bonchev–Trinajstić information content (AvgIpc) is 3.17. The van der Waals surface area contributed by atoms with Crippen molar-refractivity contribution >= 4 is 21.6 Å². The van der Waals surface area contributed by atoms with Crippen molar-refractivity contribution in [2.75, 3.05) is 18.5 Å². The number of benzene rings is 1. The van der Waals surface area contributed by atoms with Crippen LogP contribution in [0.4, 0.5) is 5.69 Å². The molecule has 1 saturated carbocycles. The van der Waals surface area contributed by atoms with E-state index in [1.54, 1.807) is 23.1 Å². The lowest BCUT2D eigenvalue weighted by Gasteiger charge is -2.17. The van der Waals surface area contributed by atoms with Crippen molar-refractivity contribution in [3.05, 3.63) is 23.8 Å². The van der Waals surface area contributed by atoms with Gasteiger partial charge in [-0.2, -0.15) is 0 Å². The Kier molecular flexibility index (Phi) is 2.87. The topological polar surface area (TPSA) is 66.5 Å². The molecule has 0 spiro atoms. The van der Waals surface area contributed by atoms with Crippen LogP contribution >= 0.6 is 0 Å². The van der Waals surface area contributed by atoms with Gasteiger partial charge in [0.15, 0.2) is 0 Å². The molecule has 0 saturated heterocycles. The highest BCUT2D eigenvalue weighted by Gasteiger charge is 2.36. The van der Waals surface area contributed by atoms with Crippen molar-refractivity contribution in [3.8, 4) is 0 Å². The molecule has 5 nitrogen and oxygen atoms in total. The SMILES string of the molecule is CNS(=O)(=O)c1ccc2c(c1)CCN2C(=O)C1CC1. The van der Waals surface area contributed by atoms with E-state index >= 15 is 0 Å². The molecule has 1 amide bonds. The monoisotopic (exact) mass is 280 g/mol. The minimum absolute atomic E-state index is 0.183. The third-order valence-corrected chi connectivity index (χ3v) is 5.13. The summed E-state index contributed by atoms with van der Waals surface area (Å²) in [5.41, 5.74) is 1.80. The third-order valence-electron chi connectivity index (χ3n) is 3.72. The first-order valence-corrected chi connectivity index (χ1v) is 7.89. The van der Waals surface area contributed by atoms with Crippen molar-refractivity contribution in [3.63, 3.8) is 0 Å². The van der Waals surface area contributed by atoms with Crippen LogP contribution in [0.2, 0.25) is 0 Å². The molecule has 0 bridgehead atoms. The first kappa shape index (κ1) is 12.6. The van der Waals surface area contributed by atoms with Crippen LogP contribution in [0.1, 0.15) is 18.4 Å². The number of anilines is 1. The fraction of sp³-hybridized carbons (Fsp3) is 0.462. The maximum absolute atomic E-state index is 12.1. The van der Waals surface area contributed by atoms with Crippen molar-refractivity contribution in [2.45, 2.75) is 24.2 Å². The van der Waals surface area contributed by atoms with Gasteiger partial charge in [0.25, 0.3) is 0 Å². The molecule has 0 atom stereocenters. The second kappa shape index (κ2) is 4.31. The lowest BCUT2D eigenvalue weighted by atomic mass is 10.2. The van der Waals surface area contributed by atoms with E-state index in [1.165, 1.54) is 7.05 Å². The highest BCUT2D eigenvalue weighted by Crippen LogP contribution is 2.37. The van der Waals surface area contributed by atoms with Crippen LogP contribution in [0, 0.1) is 5.92 Å². The summed E-state index contributed by atoms with van der Waals surface area (Å²) in [6, 6.07) is 4.97. The van der Waals surface area contributed by atoms with E-state index < -0.39 is 10.0 Å². The largest absolute Gasteiger partial charge is 0.312 e. The summed E-state index contributed by atoms with van der Waals surface area (Å²) < 4.78 is 25.8. The Morgan fingerprint density at radius 3 is 2.74 bits per heavy atom. The van der Waals surface area contributed by atoms with Crippen LogP contribution in [0.5, 0.6) is 0 Å². The van der Waals surface area contributed by atoms with Gasteiger partial charge in [-0.25, -0.2) is 13.1 Å². The Balaban J connectivity index is 1.94. The number of carbonyl (C=O) groups excluding carboxylic acids is 1. The molecule has 19 heavy (non-hydrogen) atoms. The van der Waals surface area contributed by atoms with Gasteiger partial charge in [-0.1, -0.05) is 0 Å². The zero-order chi connectivity index (χ0) is 13.6. The fourth-order valence-electron chi connectivity index (χ4n) is 2.44. The molecule has 1 fully saturated rings. The van der Waals surface area contributed by atoms with E-state index in [2.05, 4.69) is 4.72 Å². The van der Waals surface area contributed by atoms with Gasteiger partial charge < -0.3 is 4.90 Å². The predicted octanol–water partition coefficient (Wildman–Crippen LogP) is 0.894. The lowest BCUT2D eigenvalue weighted by Crippen LogP contribution is -2.30. The molecule has 0 aromatic heterocycles. The number of nitrogens with zero attached hydrogens (tertiary/aromatic N) is 1. The Morgan fingerprint density at radius 2 is 2.11 bits per heavy atom. The molecule has 6 heteroatoms. The quantitative estimate of drug-likeness (QED) is 0.894. The van der Waals surface area contributed by atoms with Crippen LogP contribution in [0.3, 0.4) is 0 Å². The maximum Gasteiger partial charge on any atom is 0.240 e. The van der Waals surface area contributed by atoms with Gasteiger partial charge in [0, 0.05) is 18.2 Å². The van der Waals surface area contributed by atoms with Gasteiger partial charge in [-0.15, -0.1) is 0 Å². The van der Waals surface area contributed by atoms with Crippen LogP contribution in [-0.4, -0.2) is 27.9 Å². The van der Waals surface area contributed by atoms with Crippen LogP contribution < -0.4 is 9.62 Å². The molecule has 0 radical (unpaired) electrons. The molecule has 102 valence electrons. The van der Waals surface area contributed by atoms with Crippen LogP contribution in [0.25, 0.3) is 0 Å². The van der Waals surface area contributed by atoms with Gasteiger partial charge in [0.1, 0.15) is 0 Å². The molecule has 0 unspecified atom stereocenters. The first-order valence-electron chi connectivity index (χ1n) is 6.41. The minimum Gasteiger partial charge on any atom is -0.312 e. The highest BCUT2D eigenvalue weighted by molar-refractivity contribution is 7.89. The fourth-order valence-corrected chi connectivity index (χ4v) is 3.22. The van der Waals surface area contributed by atoms with Gasteiger partial charge in [-0.3, -0.25) is 4.79 Å². The predicted molar refractivity (Wildman–Crippen MR) is 71.5 cm³/mol. The van der Waals surface area contributed by atoms with E-state index in [0.29, 0.717) is 6.54 Å². The summed E-state index contributed by atoms with van der Waals surface area (Å²) >= 11 is 0. The van der Waals surface area contributed by atoms with E-state index in [-0.39, 0.29) is 16.7 Å². The maximum atomic E-state index is 12.1. The number of rotatable bonds is 3. The van der Waals surface area contributed by atoms with Crippen molar-refractivity contribution in [1.29, 1.82) is 0 Å². The number of nitrogens with one attached hydrogen (secondary N) is 1. The second-order valence-electron chi connectivity index (χ2n) is 5.01. The number of carbonyl (C=O) groups is 1. The molecule has 1 aromatic rings. The lowest BCUT2D eigenvalue weighted by molar-refractivity contribution is -0.119. The van der Waals surface area contributed by atoms with Crippen molar-refractivity contribution in [1.82, 2.24) is 4.72 Å². The molecule has 3 rings (SSSR count). The number of sulfonamides is 1. The molecule has 1 aliphatic heterocycles. The number of hydrogen-bond acceptors (Lipinski definition) is 3. The molecule has 1 aliphatic carbocycles. The van der Waals surface area contributed by atoms with Gasteiger partial charge in [0.05, 0.1) is 4.90 Å². The minimum atomic E-state index is -3.41. The third kappa shape index (κ3) is 2.15. The van der Waals surface area contributed by atoms with E-state index in [4.69, 9.17) is 0 Å². The molecule has 1 heterocycles. The molecular weight excluding hydrogens is 264 g/mol. The summed E-state index contributed by atoms with van der Waals surface area (Å²) in [4.78, 5) is 14.2. The van der Waals surface area contributed by atoms with Gasteiger partial charge in [0.2, 0.25) is 15.9 Å². The standard InChI is InChI=1S/C13H16N2O3S/c1-14-19(17,18)11-4-5-12-10(8-11)6-7-15(12)13(16)9-2-3-9/h4-5,8-9,14H,2-3,6-7H2,1H3. The Bertz CT molecular complexity index is 635. The summed E-state index contributed by atoms with van der Waals surface area (Å²) in [5, 5.41) is 0.